The highest BCUT2D eigenvalue weighted by molar-refractivity contribution is 5.45. The van der Waals surface area contributed by atoms with Gasteiger partial charge in [-0.15, -0.1) is 0 Å². The van der Waals surface area contributed by atoms with Crippen molar-refractivity contribution >= 4 is 5.69 Å². The molecule has 0 aliphatic carbocycles. The molecule has 2 N–H and O–H groups in total. The molecule has 0 aliphatic rings. The van der Waals surface area contributed by atoms with Gasteiger partial charge in [-0.2, -0.15) is 0 Å². The number of halogens is 1. The van der Waals surface area contributed by atoms with Crippen LogP contribution < -0.4 is 10.6 Å². The number of rotatable bonds is 4. The van der Waals surface area contributed by atoms with E-state index in [-0.39, 0.29) is 11.2 Å². The summed E-state index contributed by atoms with van der Waals surface area (Å²) in [5.74, 6) is -0.204. The van der Waals surface area contributed by atoms with Crippen LogP contribution in [0.5, 0.6) is 0 Å². The molecule has 1 aromatic rings. The van der Waals surface area contributed by atoms with Crippen molar-refractivity contribution in [2.75, 3.05) is 25.0 Å². The first-order valence-electron chi connectivity index (χ1n) is 5.11. The van der Waals surface area contributed by atoms with Crippen molar-refractivity contribution < 1.29 is 4.39 Å². The van der Waals surface area contributed by atoms with Crippen LogP contribution >= 0.6 is 0 Å². The van der Waals surface area contributed by atoms with E-state index < -0.39 is 0 Å². The van der Waals surface area contributed by atoms with Crippen molar-refractivity contribution in [1.82, 2.24) is 0 Å². The van der Waals surface area contributed by atoms with Crippen LogP contribution in [0.4, 0.5) is 10.1 Å². The Balaban J connectivity index is 2.73. The van der Waals surface area contributed by atoms with Gasteiger partial charge in [-0.05, 0) is 30.2 Å². The normalized spacial score (nSPS) is 11.5. The molecule has 0 saturated carbocycles. The molecule has 0 saturated heterocycles. The lowest BCUT2D eigenvalue weighted by Gasteiger charge is -2.30. The van der Waals surface area contributed by atoms with Gasteiger partial charge in [-0.25, -0.2) is 4.39 Å². The molecule has 2 nitrogen and oxygen atoms in total. The van der Waals surface area contributed by atoms with Crippen molar-refractivity contribution in [2.24, 2.45) is 11.1 Å². The van der Waals surface area contributed by atoms with Gasteiger partial charge < -0.3 is 10.6 Å². The third-order valence-corrected chi connectivity index (χ3v) is 2.47. The predicted octanol–water partition coefficient (Wildman–Crippen LogP) is 2.25. The Morgan fingerprint density at radius 2 is 2.07 bits per heavy atom. The Hall–Kier alpha value is -1.09. The molecule has 0 amide bonds. The zero-order valence-electron chi connectivity index (χ0n) is 9.63. The highest BCUT2D eigenvalue weighted by Gasteiger charge is 2.18. The fourth-order valence-corrected chi connectivity index (χ4v) is 1.51. The van der Waals surface area contributed by atoms with Gasteiger partial charge in [0.1, 0.15) is 5.82 Å². The maximum absolute atomic E-state index is 13.0. The number of anilines is 1. The maximum atomic E-state index is 13.0. The first-order chi connectivity index (χ1) is 6.94. The summed E-state index contributed by atoms with van der Waals surface area (Å²) >= 11 is 0. The Bertz CT molecular complexity index is 323. The molecule has 1 rings (SSSR count). The molecule has 0 aliphatic heterocycles. The maximum Gasteiger partial charge on any atom is 0.125 e. The first kappa shape index (κ1) is 12.0. The van der Waals surface area contributed by atoms with E-state index in [1.165, 1.54) is 12.1 Å². The third kappa shape index (κ3) is 3.51. The number of nitrogens with zero attached hydrogens (tertiary/aromatic N) is 1. The molecule has 0 unspecified atom stereocenters. The Kier molecular flexibility index (Phi) is 3.69. The van der Waals surface area contributed by atoms with E-state index >= 15 is 0 Å². The molecule has 0 fully saturated rings. The summed E-state index contributed by atoms with van der Waals surface area (Å²) in [5.41, 5.74) is 6.59. The average molecular weight is 210 g/mol. The molecule has 0 spiro atoms. The molecule has 0 aromatic heterocycles. The lowest BCUT2D eigenvalue weighted by molar-refractivity contribution is 0.385. The zero-order chi connectivity index (χ0) is 11.5. The Morgan fingerprint density at radius 1 is 1.40 bits per heavy atom. The van der Waals surface area contributed by atoms with Crippen LogP contribution in [0.3, 0.4) is 0 Å². The highest BCUT2D eigenvalue weighted by atomic mass is 19.1. The summed E-state index contributed by atoms with van der Waals surface area (Å²) in [4.78, 5) is 2.02. The largest absolute Gasteiger partial charge is 0.374 e. The fourth-order valence-electron chi connectivity index (χ4n) is 1.51. The van der Waals surface area contributed by atoms with Gasteiger partial charge in [-0.3, -0.25) is 0 Å². The minimum absolute atomic E-state index is 0.0427. The number of hydrogen-bond donors (Lipinski definition) is 1. The first-order valence-corrected chi connectivity index (χ1v) is 5.11. The van der Waals surface area contributed by atoms with E-state index in [2.05, 4.69) is 13.8 Å². The second-order valence-electron chi connectivity index (χ2n) is 4.70. The van der Waals surface area contributed by atoms with Crippen LogP contribution in [-0.2, 0) is 0 Å². The molecule has 0 heterocycles. The topological polar surface area (TPSA) is 29.3 Å². The highest BCUT2D eigenvalue weighted by Crippen LogP contribution is 2.20. The molecule has 0 atom stereocenters. The van der Waals surface area contributed by atoms with Gasteiger partial charge in [0.15, 0.2) is 0 Å². The molecule has 1 aromatic carbocycles. The number of hydrogen-bond acceptors (Lipinski definition) is 2. The third-order valence-electron chi connectivity index (χ3n) is 2.47. The van der Waals surface area contributed by atoms with E-state index in [9.17, 15) is 4.39 Å². The Morgan fingerprint density at radius 3 is 2.60 bits per heavy atom. The molecular weight excluding hydrogens is 191 g/mol. The van der Waals surface area contributed by atoms with Gasteiger partial charge in [0, 0.05) is 19.3 Å². The van der Waals surface area contributed by atoms with Crippen LogP contribution in [-0.4, -0.2) is 20.1 Å². The van der Waals surface area contributed by atoms with Crippen molar-refractivity contribution in [2.45, 2.75) is 13.8 Å². The summed E-state index contributed by atoms with van der Waals surface area (Å²) in [6.07, 6.45) is 0. The van der Waals surface area contributed by atoms with Crippen molar-refractivity contribution in [1.29, 1.82) is 0 Å². The molecule has 15 heavy (non-hydrogen) atoms. The second-order valence-corrected chi connectivity index (χ2v) is 4.70. The molecule has 3 heteroatoms. The van der Waals surface area contributed by atoms with Crippen LogP contribution in [0.25, 0.3) is 0 Å². The fraction of sp³-hybridized carbons (Fsp3) is 0.500. The molecule has 0 bridgehead atoms. The van der Waals surface area contributed by atoms with E-state index in [0.717, 1.165) is 12.2 Å². The molecule has 0 radical (unpaired) electrons. The van der Waals surface area contributed by atoms with Crippen LogP contribution in [0.15, 0.2) is 24.3 Å². The number of benzene rings is 1. The van der Waals surface area contributed by atoms with Gasteiger partial charge >= 0.3 is 0 Å². The zero-order valence-corrected chi connectivity index (χ0v) is 9.63. The summed E-state index contributed by atoms with van der Waals surface area (Å²) in [6, 6.07) is 6.60. The SMILES string of the molecule is CN(CC(C)(C)CN)c1cccc(F)c1. The summed E-state index contributed by atoms with van der Waals surface area (Å²) in [7, 11) is 1.95. The predicted molar refractivity (Wildman–Crippen MR) is 62.5 cm³/mol. The van der Waals surface area contributed by atoms with Crippen LogP contribution in [0, 0.1) is 11.2 Å². The van der Waals surface area contributed by atoms with Crippen molar-refractivity contribution in [3.8, 4) is 0 Å². The summed E-state index contributed by atoms with van der Waals surface area (Å²) < 4.78 is 13.0. The lowest BCUT2D eigenvalue weighted by Crippen LogP contribution is -2.36. The van der Waals surface area contributed by atoms with Gasteiger partial charge in [0.2, 0.25) is 0 Å². The average Bonchev–Trinajstić information content (AvgIpc) is 2.17. The summed E-state index contributed by atoms with van der Waals surface area (Å²) in [6.45, 7) is 5.63. The van der Waals surface area contributed by atoms with E-state index in [4.69, 9.17) is 5.73 Å². The minimum atomic E-state index is -0.204. The standard InChI is InChI=1S/C12H19FN2/c1-12(2,8-14)9-15(3)11-6-4-5-10(13)7-11/h4-7H,8-9,14H2,1-3H3. The monoisotopic (exact) mass is 210 g/mol. The lowest BCUT2D eigenvalue weighted by atomic mass is 9.93. The van der Waals surface area contributed by atoms with Crippen LogP contribution in [0.2, 0.25) is 0 Å². The van der Waals surface area contributed by atoms with Gasteiger partial charge in [-0.1, -0.05) is 19.9 Å². The van der Waals surface area contributed by atoms with E-state index in [1.807, 2.05) is 18.0 Å². The molecular formula is C12H19FN2. The molecule has 84 valence electrons. The van der Waals surface area contributed by atoms with Crippen molar-refractivity contribution in [3.63, 3.8) is 0 Å². The van der Waals surface area contributed by atoms with Gasteiger partial charge in [0.05, 0.1) is 0 Å². The van der Waals surface area contributed by atoms with E-state index in [1.54, 1.807) is 6.07 Å². The smallest absolute Gasteiger partial charge is 0.125 e. The summed E-state index contributed by atoms with van der Waals surface area (Å²) in [5, 5.41) is 0. The van der Waals surface area contributed by atoms with Gasteiger partial charge in [0.25, 0.3) is 0 Å². The van der Waals surface area contributed by atoms with Crippen molar-refractivity contribution in [3.05, 3.63) is 30.1 Å². The minimum Gasteiger partial charge on any atom is -0.374 e. The van der Waals surface area contributed by atoms with E-state index in [0.29, 0.717) is 6.54 Å². The Labute approximate surface area is 90.9 Å². The second kappa shape index (κ2) is 4.62. The number of nitrogens with two attached hydrogens (primary N) is 1. The quantitative estimate of drug-likeness (QED) is 0.826. The van der Waals surface area contributed by atoms with Crippen LogP contribution in [0.1, 0.15) is 13.8 Å².